The van der Waals surface area contributed by atoms with Gasteiger partial charge in [-0.2, -0.15) is 0 Å². The van der Waals surface area contributed by atoms with Gasteiger partial charge >= 0.3 is 0 Å². The predicted octanol–water partition coefficient (Wildman–Crippen LogP) is 8.45. The third-order valence-corrected chi connectivity index (χ3v) is 8.99. The highest BCUT2D eigenvalue weighted by atomic mass is 35.5. The lowest BCUT2D eigenvalue weighted by Crippen LogP contribution is -2.14. The number of carbonyl (C=O) groups excluding carboxylic acids is 2. The molecule has 3 aromatic carbocycles. The maximum Gasteiger partial charge on any atom is 0.292 e. The Morgan fingerprint density at radius 3 is 1.81 bits per heavy atom. The Labute approximate surface area is 228 Å². The first-order valence-electron chi connectivity index (χ1n) is 10.9. The number of amides is 2. The van der Waals surface area contributed by atoms with Crippen LogP contribution in [0, 0.1) is 24.0 Å². The van der Waals surface area contributed by atoms with Gasteiger partial charge in [0.25, 0.3) is 17.5 Å². The highest BCUT2D eigenvalue weighted by molar-refractivity contribution is 7.22. The first-order chi connectivity index (χ1) is 17.6. The third kappa shape index (κ3) is 4.78. The van der Waals surface area contributed by atoms with Crippen LogP contribution in [0.3, 0.4) is 0 Å². The highest BCUT2D eigenvalue weighted by Gasteiger charge is 2.23. The quantitative estimate of drug-likeness (QED) is 0.164. The number of nitro benzene ring substituents is 1. The molecule has 0 saturated carbocycles. The molecule has 7 nitrogen and oxygen atoms in total. The van der Waals surface area contributed by atoms with E-state index in [0.717, 1.165) is 31.3 Å². The van der Waals surface area contributed by atoms with Crippen LogP contribution in [0.5, 0.6) is 0 Å². The van der Waals surface area contributed by atoms with Gasteiger partial charge in [-0.3, -0.25) is 19.7 Å². The number of rotatable bonds is 5. The molecule has 0 aliphatic heterocycles. The molecule has 2 aromatic heterocycles. The van der Waals surface area contributed by atoms with Gasteiger partial charge in [0, 0.05) is 31.9 Å². The molecule has 0 saturated heterocycles. The molecule has 0 radical (unpaired) electrons. The van der Waals surface area contributed by atoms with E-state index in [2.05, 4.69) is 10.6 Å². The van der Waals surface area contributed by atoms with Crippen molar-refractivity contribution in [1.82, 2.24) is 0 Å². The molecule has 0 unspecified atom stereocenters. The fourth-order valence-corrected chi connectivity index (χ4v) is 6.90. The Kier molecular flexibility index (Phi) is 6.63. The minimum atomic E-state index is -0.609. The summed E-state index contributed by atoms with van der Waals surface area (Å²) in [5.41, 5.74) is 1.92. The van der Waals surface area contributed by atoms with Crippen molar-refractivity contribution >= 4 is 94.9 Å². The molecular formula is C26H17Cl2N3O4S2. The summed E-state index contributed by atoms with van der Waals surface area (Å²) in [7, 11) is 0. The number of fused-ring (bicyclic) bond motifs is 2. The fourth-order valence-electron chi connectivity index (χ4n) is 3.88. The SMILES string of the molecule is Cc1ccc2c(Cl)c(C(=O)Nc3ccc([N+](=O)[O-])c(NC(=O)c4sc5cc(C)ccc5c4Cl)c3)sc2c1. The number of nitrogens with one attached hydrogen (secondary N) is 2. The van der Waals surface area contributed by atoms with E-state index in [1.165, 1.54) is 40.9 Å². The van der Waals surface area contributed by atoms with Crippen LogP contribution in [0.15, 0.2) is 54.6 Å². The van der Waals surface area contributed by atoms with E-state index in [-0.39, 0.29) is 27.0 Å². The van der Waals surface area contributed by atoms with Gasteiger partial charge in [0.05, 0.1) is 15.0 Å². The summed E-state index contributed by atoms with van der Waals surface area (Å²) in [5.74, 6) is -1.05. The van der Waals surface area contributed by atoms with Crippen molar-refractivity contribution < 1.29 is 14.5 Å². The molecule has 11 heteroatoms. The smallest absolute Gasteiger partial charge is 0.292 e. The van der Waals surface area contributed by atoms with Crippen molar-refractivity contribution in [2.24, 2.45) is 0 Å². The zero-order valence-corrected chi connectivity index (χ0v) is 22.5. The summed E-state index contributed by atoms with van der Waals surface area (Å²) in [6.45, 7) is 3.88. The topological polar surface area (TPSA) is 101 Å². The summed E-state index contributed by atoms with van der Waals surface area (Å²) < 4.78 is 1.71. The number of aryl methyl sites for hydroxylation is 2. The lowest BCUT2D eigenvalue weighted by molar-refractivity contribution is -0.383. The average molecular weight is 570 g/mol. The van der Waals surface area contributed by atoms with E-state index in [1.54, 1.807) is 0 Å². The largest absolute Gasteiger partial charge is 0.321 e. The van der Waals surface area contributed by atoms with E-state index >= 15 is 0 Å². The van der Waals surface area contributed by atoms with Gasteiger partial charge in [0.1, 0.15) is 15.4 Å². The maximum absolute atomic E-state index is 13.1. The minimum absolute atomic E-state index is 0.0736. The second kappa shape index (κ2) is 9.75. The molecule has 0 bridgehead atoms. The van der Waals surface area contributed by atoms with Crippen LogP contribution in [0.4, 0.5) is 17.1 Å². The molecule has 0 aliphatic carbocycles. The van der Waals surface area contributed by atoms with Gasteiger partial charge in [-0.1, -0.05) is 47.5 Å². The van der Waals surface area contributed by atoms with Gasteiger partial charge in [-0.15, -0.1) is 22.7 Å². The first kappa shape index (κ1) is 25.2. The molecule has 5 rings (SSSR count). The van der Waals surface area contributed by atoms with Crippen molar-refractivity contribution in [3.05, 3.63) is 95.6 Å². The number of benzene rings is 3. The van der Waals surface area contributed by atoms with Crippen LogP contribution in [-0.2, 0) is 0 Å². The van der Waals surface area contributed by atoms with Gasteiger partial charge in [0.2, 0.25) is 0 Å². The number of halogens is 2. The lowest BCUT2D eigenvalue weighted by atomic mass is 10.2. The highest BCUT2D eigenvalue weighted by Crippen LogP contribution is 2.38. The molecule has 0 aliphatic rings. The van der Waals surface area contributed by atoms with Crippen molar-refractivity contribution in [2.45, 2.75) is 13.8 Å². The molecule has 2 N–H and O–H groups in total. The van der Waals surface area contributed by atoms with Crippen LogP contribution < -0.4 is 10.6 Å². The zero-order valence-electron chi connectivity index (χ0n) is 19.3. The van der Waals surface area contributed by atoms with Crippen LogP contribution in [0.2, 0.25) is 10.0 Å². The number of thiophene rings is 2. The Morgan fingerprint density at radius 2 is 1.30 bits per heavy atom. The number of anilines is 2. The normalized spacial score (nSPS) is 11.1. The van der Waals surface area contributed by atoms with Crippen molar-refractivity contribution in [1.29, 1.82) is 0 Å². The number of nitro groups is 1. The molecule has 186 valence electrons. The molecule has 5 aromatic rings. The van der Waals surface area contributed by atoms with Gasteiger partial charge in [0.15, 0.2) is 0 Å². The lowest BCUT2D eigenvalue weighted by Gasteiger charge is -2.09. The summed E-state index contributed by atoms with van der Waals surface area (Å²) in [5, 5.41) is 19.1. The van der Waals surface area contributed by atoms with E-state index in [4.69, 9.17) is 23.2 Å². The Balaban J connectivity index is 1.45. The van der Waals surface area contributed by atoms with Crippen LogP contribution in [-0.4, -0.2) is 16.7 Å². The van der Waals surface area contributed by atoms with Gasteiger partial charge in [-0.25, -0.2) is 0 Å². The number of carbonyl (C=O) groups is 2. The molecular weight excluding hydrogens is 553 g/mol. The summed E-state index contributed by atoms with van der Waals surface area (Å²) in [6, 6.07) is 15.3. The number of hydrogen-bond donors (Lipinski definition) is 2. The van der Waals surface area contributed by atoms with Crippen molar-refractivity contribution in [3.63, 3.8) is 0 Å². The summed E-state index contributed by atoms with van der Waals surface area (Å²) in [4.78, 5) is 37.7. The molecule has 0 fully saturated rings. The molecule has 0 atom stereocenters. The predicted molar refractivity (Wildman–Crippen MR) is 152 cm³/mol. The van der Waals surface area contributed by atoms with Gasteiger partial charge in [-0.05, 0) is 49.2 Å². The fraction of sp³-hybridized carbons (Fsp3) is 0.0769. The minimum Gasteiger partial charge on any atom is -0.321 e. The summed E-state index contributed by atoms with van der Waals surface area (Å²) >= 11 is 15.4. The third-order valence-electron chi connectivity index (χ3n) is 5.68. The molecule has 37 heavy (non-hydrogen) atoms. The van der Waals surface area contributed by atoms with E-state index in [0.29, 0.717) is 9.90 Å². The monoisotopic (exact) mass is 569 g/mol. The Hall–Kier alpha value is -3.50. The van der Waals surface area contributed by atoms with E-state index in [9.17, 15) is 19.7 Å². The zero-order chi connectivity index (χ0) is 26.4. The number of nitrogens with zero attached hydrogens (tertiary/aromatic N) is 1. The Bertz CT molecular complexity index is 1760. The second-order valence-corrected chi connectivity index (χ2v) is 11.2. The van der Waals surface area contributed by atoms with Crippen LogP contribution in [0.25, 0.3) is 20.2 Å². The average Bonchev–Trinajstić information content (AvgIpc) is 3.35. The molecule has 2 heterocycles. The van der Waals surface area contributed by atoms with E-state index in [1.807, 2.05) is 50.2 Å². The Morgan fingerprint density at radius 1 is 0.784 bits per heavy atom. The standard InChI is InChI=1S/C26H17Cl2N3O4S2/c1-12-3-6-15-19(9-12)36-23(21(15)27)25(32)29-14-5-8-18(31(34)35)17(11-14)30-26(33)24-22(28)16-7-4-13(2)10-20(16)37-24/h3-11H,1-2H3,(H,29,32)(H,30,33). The summed E-state index contributed by atoms with van der Waals surface area (Å²) in [6.07, 6.45) is 0. The van der Waals surface area contributed by atoms with Crippen LogP contribution in [0.1, 0.15) is 30.5 Å². The molecule has 0 spiro atoms. The van der Waals surface area contributed by atoms with E-state index < -0.39 is 16.7 Å². The van der Waals surface area contributed by atoms with Crippen molar-refractivity contribution in [2.75, 3.05) is 10.6 Å². The maximum atomic E-state index is 13.1. The number of hydrogen-bond acceptors (Lipinski definition) is 6. The van der Waals surface area contributed by atoms with Crippen molar-refractivity contribution in [3.8, 4) is 0 Å². The molecule has 2 amide bonds. The second-order valence-electron chi connectivity index (χ2n) is 8.39. The van der Waals surface area contributed by atoms with Crippen LogP contribution >= 0.6 is 45.9 Å². The van der Waals surface area contributed by atoms with Gasteiger partial charge < -0.3 is 10.6 Å². The first-order valence-corrected chi connectivity index (χ1v) is 13.3.